The van der Waals surface area contributed by atoms with Crippen LogP contribution < -0.4 is 0 Å². The molecule has 1 rings (SSSR count). The molecule has 1 unspecified atom stereocenters. The van der Waals surface area contributed by atoms with Gasteiger partial charge in [0.2, 0.25) is 0 Å². The molecule has 1 atom stereocenters. The maximum atomic E-state index is 3.83. The van der Waals surface area contributed by atoms with Crippen LogP contribution in [0.4, 0.5) is 0 Å². The van der Waals surface area contributed by atoms with E-state index in [0.717, 1.165) is 6.42 Å². The van der Waals surface area contributed by atoms with Crippen molar-refractivity contribution in [2.75, 3.05) is 0 Å². The fraction of sp³-hybridized carbons (Fsp3) is 0.385. The summed E-state index contributed by atoms with van der Waals surface area (Å²) < 4.78 is 1.17. The minimum atomic E-state index is 0.433. The summed E-state index contributed by atoms with van der Waals surface area (Å²) in [4.78, 5) is 0. The van der Waals surface area contributed by atoms with Gasteiger partial charge in [0, 0.05) is 4.47 Å². The average Bonchev–Trinajstić information content (AvgIpc) is 2.16. The highest BCUT2D eigenvalue weighted by molar-refractivity contribution is 9.10. The van der Waals surface area contributed by atoms with Crippen LogP contribution in [0.1, 0.15) is 37.3 Å². The lowest BCUT2D eigenvalue weighted by Gasteiger charge is -2.09. The third-order valence-electron chi connectivity index (χ3n) is 2.40. The first kappa shape index (κ1) is 11.5. The zero-order valence-electron chi connectivity index (χ0n) is 8.89. The Kier molecular flexibility index (Phi) is 4.40. The van der Waals surface area contributed by atoms with E-state index in [1.807, 2.05) is 6.08 Å². The molecule has 76 valence electrons. The van der Waals surface area contributed by atoms with Gasteiger partial charge in [-0.2, -0.15) is 0 Å². The third-order valence-corrected chi connectivity index (χ3v) is 2.86. The van der Waals surface area contributed by atoms with Crippen molar-refractivity contribution in [1.29, 1.82) is 0 Å². The van der Waals surface area contributed by atoms with Crippen molar-refractivity contribution >= 4 is 15.9 Å². The van der Waals surface area contributed by atoms with Gasteiger partial charge in [-0.1, -0.05) is 48.3 Å². The van der Waals surface area contributed by atoms with Crippen LogP contribution in [0.3, 0.4) is 0 Å². The van der Waals surface area contributed by atoms with Crippen molar-refractivity contribution in [2.45, 2.75) is 32.6 Å². The van der Waals surface area contributed by atoms with Gasteiger partial charge >= 0.3 is 0 Å². The second-order valence-electron chi connectivity index (χ2n) is 3.67. The zero-order valence-corrected chi connectivity index (χ0v) is 10.5. The highest BCUT2D eigenvalue weighted by atomic mass is 79.9. The quantitative estimate of drug-likeness (QED) is 0.683. The molecule has 0 saturated carbocycles. The van der Waals surface area contributed by atoms with Gasteiger partial charge in [-0.05, 0) is 35.6 Å². The van der Waals surface area contributed by atoms with Gasteiger partial charge in [-0.25, -0.2) is 0 Å². The first-order valence-electron chi connectivity index (χ1n) is 5.09. The Morgan fingerprint density at radius 1 is 1.43 bits per heavy atom. The highest BCUT2D eigenvalue weighted by Crippen LogP contribution is 2.23. The molecule has 0 heterocycles. The fourth-order valence-electron chi connectivity index (χ4n) is 1.51. The number of hydrogen-bond acceptors (Lipinski definition) is 0. The Morgan fingerprint density at radius 2 is 2.14 bits per heavy atom. The summed E-state index contributed by atoms with van der Waals surface area (Å²) in [6.07, 6.45) is 4.33. The lowest BCUT2D eigenvalue weighted by atomic mass is 9.98. The molecule has 1 heteroatoms. The lowest BCUT2D eigenvalue weighted by Crippen LogP contribution is -1.92. The molecule has 14 heavy (non-hydrogen) atoms. The maximum Gasteiger partial charge on any atom is 0.0180 e. The van der Waals surface area contributed by atoms with Gasteiger partial charge in [-0.15, -0.1) is 6.58 Å². The van der Waals surface area contributed by atoms with Crippen molar-refractivity contribution in [2.24, 2.45) is 0 Å². The standard InChI is InChI=1S/C13H17Br/c1-4-6-11-7-12(10(3)5-2)9-13(14)8-11/h5,7-10H,2,4,6H2,1,3H3. The Hall–Kier alpha value is -0.560. The summed E-state index contributed by atoms with van der Waals surface area (Å²) in [5.74, 6) is 0.433. The predicted octanol–water partition coefficient (Wildman–Crippen LogP) is 4.69. The first-order valence-corrected chi connectivity index (χ1v) is 5.88. The Morgan fingerprint density at radius 3 is 2.71 bits per heavy atom. The smallest absolute Gasteiger partial charge is 0.0180 e. The summed E-state index contributed by atoms with van der Waals surface area (Å²) in [7, 11) is 0. The summed E-state index contributed by atoms with van der Waals surface area (Å²) in [5.41, 5.74) is 2.75. The minimum absolute atomic E-state index is 0.433. The monoisotopic (exact) mass is 252 g/mol. The molecule has 1 aromatic carbocycles. The van der Waals surface area contributed by atoms with Crippen LogP contribution in [0.2, 0.25) is 0 Å². The van der Waals surface area contributed by atoms with Gasteiger partial charge in [-0.3, -0.25) is 0 Å². The van der Waals surface area contributed by atoms with E-state index in [4.69, 9.17) is 0 Å². The van der Waals surface area contributed by atoms with Crippen molar-refractivity contribution in [3.05, 3.63) is 46.5 Å². The van der Waals surface area contributed by atoms with Crippen LogP contribution in [0.15, 0.2) is 35.3 Å². The Bertz CT molecular complexity index is 315. The van der Waals surface area contributed by atoms with Crippen LogP contribution >= 0.6 is 15.9 Å². The fourth-order valence-corrected chi connectivity index (χ4v) is 2.07. The second-order valence-corrected chi connectivity index (χ2v) is 4.58. The van der Waals surface area contributed by atoms with E-state index in [1.54, 1.807) is 0 Å². The molecule has 0 aromatic heterocycles. The SMILES string of the molecule is C=CC(C)c1cc(Br)cc(CCC)c1. The number of halogens is 1. The first-order chi connectivity index (χ1) is 6.67. The van der Waals surface area contributed by atoms with Gasteiger partial charge in [0.1, 0.15) is 0 Å². The topological polar surface area (TPSA) is 0 Å². The molecule has 0 aliphatic heterocycles. The predicted molar refractivity (Wildman–Crippen MR) is 66.7 cm³/mol. The molecule has 0 spiro atoms. The van der Waals surface area contributed by atoms with Gasteiger partial charge in [0.25, 0.3) is 0 Å². The molecule has 0 N–H and O–H groups in total. The molecular formula is C13H17Br. The second kappa shape index (κ2) is 5.35. The molecule has 1 aromatic rings. The van der Waals surface area contributed by atoms with Crippen molar-refractivity contribution in [3.63, 3.8) is 0 Å². The number of allylic oxidation sites excluding steroid dienone is 1. The normalized spacial score (nSPS) is 12.5. The number of aryl methyl sites for hydroxylation is 1. The Balaban J connectivity index is 3.00. The van der Waals surface area contributed by atoms with Crippen LogP contribution in [0.25, 0.3) is 0 Å². The van der Waals surface area contributed by atoms with Gasteiger partial charge in [0.15, 0.2) is 0 Å². The molecule has 0 amide bonds. The molecule has 0 fully saturated rings. The highest BCUT2D eigenvalue weighted by Gasteiger charge is 2.03. The summed E-state index contributed by atoms with van der Waals surface area (Å²) in [5, 5.41) is 0. The number of rotatable bonds is 4. The number of benzene rings is 1. The van der Waals surface area contributed by atoms with Gasteiger partial charge in [0.05, 0.1) is 0 Å². The average molecular weight is 253 g/mol. The largest absolute Gasteiger partial charge is 0.102 e. The van der Waals surface area contributed by atoms with E-state index in [2.05, 4.69) is 54.6 Å². The van der Waals surface area contributed by atoms with E-state index in [1.165, 1.54) is 22.0 Å². The summed E-state index contributed by atoms with van der Waals surface area (Å²) >= 11 is 3.55. The van der Waals surface area contributed by atoms with Crippen molar-refractivity contribution in [3.8, 4) is 0 Å². The molecule has 0 bridgehead atoms. The molecule has 0 saturated heterocycles. The van der Waals surface area contributed by atoms with E-state index in [-0.39, 0.29) is 0 Å². The van der Waals surface area contributed by atoms with Gasteiger partial charge < -0.3 is 0 Å². The van der Waals surface area contributed by atoms with E-state index in [0.29, 0.717) is 5.92 Å². The van der Waals surface area contributed by atoms with Crippen LogP contribution in [-0.4, -0.2) is 0 Å². The van der Waals surface area contributed by atoms with Crippen LogP contribution in [0, 0.1) is 0 Å². The minimum Gasteiger partial charge on any atom is -0.102 e. The van der Waals surface area contributed by atoms with Crippen molar-refractivity contribution < 1.29 is 0 Å². The van der Waals surface area contributed by atoms with E-state index >= 15 is 0 Å². The molecule has 0 aliphatic rings. The molecule has 0 radical (unpaired) electrons. The summed E-state index contributed by atoms with van der Waals surface area (Å²) in [6.45, 7) is 8.20. The molecular weight excluding hydrogens is 236 g/mol. The third kappa shape index (κ3) is 2.98. The van der Waals surface area contributed by atoms with E-state index < -0.39 is 0 Å². The van der Waals surface area contributed by atoms with Crippen molar-refractivity contribution in [1.82, 2.24) is 0 Å². The van der Waals surface area contributed by atoms with E-state index in [9.17, 15) is 0 Å². The maximum absolute atomic E-state index is 3.83. The van der Waals surface area contributed by atoms with Crippen LogP contribution in [-0.2, 0) is 6.42 Å². The lowest BCUT2D eigenvalue weighted by molar-refractivity contribution is 0.904. The number of hydrogen-bond donors (Lipinski definition) is 0. The molecule has 0 aliphatic carbocycles. The zero-order chi connectivity index (χ0) is 10.6. The molecule has 0 nitrogen and oxygen atoms in total. The summed E-state index contributed by atoms with van der Waals surface area (Å²) in [6, 6.07) is 6.65. The van der Waals surface area contributed by atoms with Crippen LogP contribution in [0.5, 0.6) is 0 Å². The Labute approximate surface area is 95.2 Å².